The first kappa shape index (κ1) is 16.8. The second-order valence-corrected chi connectivity index (χ2v) is 5.95. The Morgan fingerprint density at radius 3 is 2.45 bits per heavy atom. The van der Waals surface area contributed by atoms with Gasteiger partial charge in [-0.2, -0.15) is 0 Å². The normalized spacial score (nSPS) is 26.1. The Kier molecular flexibility index (Phi) is 6.26. The number of carbonyl (C=O) groups is 2. The van der Waals surface area contributed by atoms with Crippen LogP contribution in [0.25, 0.3) is 0 Å². The lowest BCUT2D eigenvalue weighted by Gasteiger charge is -2.36. The van der Waals surface area contributed by atoms with Crippen molar-refractivity contribution in [3.63, 3.8) is 0 Å². The van der Waals surface area contributed by atoms with Crippen LogP contribution < -0.4 is 10.6 Å². The van der Waals surface area contributed by atoms with Gasteiger partial charge in [0.2, 0.25) is 0 Å². The van der Waals surface area contributed by atoms with Gasteiger partial charge in [-0.25, -0.2) is 4.79 Å². The first-order valence-corrected chi connectivity index (χ1v) is 7.28. The molecule has 1 fully saturated rings. The van der Waals surface area contributed by atoms with Gasteiger partial charge in [0.25, 0.3) is 0 Å². The third-order valence-corrected chi connectivity index (χ3v) is 4.31. The summed E-state index contributed by atoms with van der Waals surface area (Å²) in [5.74, 6) is -0.209. The Morgan fingerprint density at radius 1 is 1.35 bits per heavy atom. The van der Waals surface area contributed by atoms with Crippen LogP contribution in [0.4, 0.5) is 4.79 Å². The maximum absolute atomic E-state index is 11.9. The van der Waals surface area contributed by atoms with Crippen molar-refractivity contribution in [3.8, 4) is 0 Å². The molecule has 0 saturated heterocycles. The molecule has 2 amide bonds. The largest absolute Gasteiger partial charge is 0.481 e. The topological polar surface area (TPSA) is 81.7 Å². The van der Waals surface area contributed by atoms with Gasteiger partial charge in [0, 0.05) is 26.7 Å². The van der Waals surface area contributed by atoms with Crippen LogP contribution in [0.3, 0.4) is 0 Å². The van der Waals surface area contributed by atoms with E-state index in [9.17, 15) is 14.7 Å². The van der Waals surface area contributed by atoms with Crippen LogP contribution in [-0.2, 0) is 4.79 Å². The van der Waals surface area contributed by atoms with Crippen molar-refractivity contribution in [2.75, 3.05) is 33.7 Å². The van der Waals surface area contributed by atoms with E-state index >= 15 is 0 Å². The third-order valence-electron chi connectivity index (χ3n) is 4.31. The highest BCUT2D eigenvalue weighted by atomic mass is 16.4. The van der Waals surface area contributed by atoms with E-state index in [0.29, 0.717) is 31.8 Å². The molecule has 1 rings (SSSR count). The van der Waals surface area contributed by atoms with Gasteiger partial charge >= 0.3 is 12.0 Å². The van der Waals surface area contributed by atoms with Crippen LogP contribution >= 0.6 is 0 Å². The van der Waals surface area contributed by atoms with E-state index in [-0.39, 0.29) is 12.6 Å². The second kappa shape index (κ2) is 7.47. The maximum Gasteiger partial charge on any atom is 0.317 e. The average Bonchev–Trinajstić information content (AvgIpc) is 2.43. The molecule has 0 spiro atoms. The first-order chi connectivity index (χ1) is 9.41. The van der Waals surface area contributed by atoms with Crippen LogP contribution in [0.1, 0.15) is 32.6 Å². The number of carbonyl (C=O) groups excluding carboxylic acids is 1. The monoisotopic (exact) mass is 285 g/mol. The molecule has 1 saturated carbocycles. The van der Waals surface area contributed by atoms with Gasteiger partial charge in [-0.15, -0.1) is 0 Å². The lowest BCUT2D eigenvalue weighted by molar-refractivity contribution is -0.151. The maximum atomic E-state index is 11.9. The van der Waals surface area contributed by atoms with Crippen LogP contribution in [0.5, 0.6) is 0 Å². The fourth-order valence-corrected chi connectivity index (χ4v) is 2.54. The Morgan fingerprint density at radius 2 is 1.95 bits per heavy atom. The van der Waals surface area contributed by atoms with E-state index in [1.54, 1.807) is 11.9 Å². The first-order valence-electron chi connectivity index (χ1n) is 7.28. The summed E-state index contributed by atoms with van der Waals surface area (Å²) in [6.07, 6.45) is 3.11. The summed E-state index contributed by atoms with van der Waals surface area (Å²) < 4.78 is 0. The van der Waals surface area contributed by atoms with E-state index < -0.39 is 11.4 Å². The standard InChI is InChI=1S/C14H27N3O3/c1-11-4-6-14(7-5-11,12(18)19)10-16-13(20)17(3)9-8-15-2/h11,15H,4-10H2,1-3H3,(H,16,20)(H,18,19). The Labute approximate surface area is 120 Å². The third kappa shape index (κ3) is 4.37. The predicted molar refractivity (Wildman–Crippen MR) is 77.7 cm³/mol. The van der Waals surface area contributed by atoms with E-state index in [0.717, 1.165) is 12.8 Å². The van der Waals surface area contributed by atoms with E-state index in [1.807, 2.05) is 7.05 Å². The molecule has 116 valence electrons. The van der Waals surface area contributed by atoms with E-state index in [1.165, 1.54) is 0 Å². The minimum atomic E-state index is -0.789. The number of aliphatic carboxylic acids is 1. The molecule has 0 aromatic carbocycles. The number of hydrogen-bond donors (Lipinski definition) is 3. The van der Waals surface area contributed by atoms with Crippen molar-refractivity contribution >= 4 is 12.0 Å². The molecule has 6 nitrogen and oxygen atoms in total. The molecule has 3 N–H and O–H groups in total. The molecule has 0 bridgehead atoms. The highest BCUT2D eigenvalue weighted by Gasteiger charge is 2.41. The van der Waals surface area contributed by atoms with Gasteiger partial charge in [-0.05, 0) is 38.6 Å². The number of likely N-dealkylation sites (N-methyl/N-ethyl adjacent to an activating group) is 2. The minimum Gasteiger partial charge on any atom is -0.481 e. The molecule has 20 heavy (non-hydrogen) atoms. The predicted octanol–water partition coefficient (Wildman–Crippen LogP) is 1.13. The fourth-order valence-electron chi connectivity index (χ4n) is 2.54. The Balaban J connectivity index is 2.51. The molecular weight excluding hydrogens is 258 g/mol. The van der Waals surface area contributed by atoms with Crippen LogP contribution in [0, 0.1) is 11.3 Å². The SMILES string of the molecule is CNCCN(C)C(=O)NCC1(C(=O)O)CCC(C)CC1. The molecule has 0 heterocycles. The van der Waals surface area contributed by atoms with E-state index in [4.69, 9.17) is 0 Å². The van der Waals surface area contributed by atoms with Crippen molar-refractivity contribution in [2.45, 2.75) is 32.6 Å². The van der Waals surface area contributed by atoms with Gasteiger partial charge in [0.1, 0.15) is 0 Å². The lowest BCUT2D eigenvalue weighted by atomic mass is 9.71. The summed E-state index contributed by atoms with van der Waals surface area (Å²) in [6.45, 7) is 3.68. The molecular formula is C14H27N3O3. The lowest BCUT2D eigenvalue weighted by Crippen LogP contribution is -2.48. The zero-order valence-corrected chi connectivity index (χ0v) is 12.7. The van der Waals surface area contributed by atoms with Gasteiger partial charge < -0.3 is 20.6 Å². The number of urea groups is 1. The zero-order valence-electron chi connectivity index (χ0n) is 12.7. The van der Waals surface area contributed by atoms with Crippen LogP contribution in [0.2, 0.25) is 0 Å². The smallest absolute Gasteiger partial charge is 0.317 e. The zero-order chi connectivity index (χ0) is 15.2. The molecule has 0 aliphatic heterocycles. The number of amides is 2. The molecule has 0 radical (unpaired) electrons. The molecule has 0 unspecified atom stereocenters. The van der Waals surface area contributed by atoms with Gasteiger partial charge in [-0.3, -0.25) is 4.79 Å². The van der Waals surface area contributed by atoms with E-state index in [2.05, 4.69) is 17.6 Å². The summed E-state index contributed by atoms with van der Waals surface area (Å²) >= 11 is 0. The number of hydrogen-bond acceptors (Lipinski definition) is 3. The number of rotatable bonds is 6. The number of carboxylic acid groups (broad SMARTS) is 1. The number of carboxylic acids is 1. The molecule has 1 aliphatic rings. The molecule has 0 aromatic heterocycles. The molecule has 0 aromatic rings. The summed E-state index contributed by atoms with van der Waals surface area (Å²) in [5, 5.41) is 15.2. The summed E-state index contributed by atoms with van der Waals surface area (Å²) in [6, 6.07) is -0.209. The van der Waals surface area contributed by atoms with Crippen molar-refractivity contribution in [3.05, 3.63) is 0 Å². The van der Waals surface area contributed by atoms with Gasteiger partial charge in [0.15, 0.2) is 0 Å². The highest BCUT2D eigenvalue weighted by molar-refractivity contribution is 5.78. The summed E-state index contributed by atoms with van der Waals surface area (Å²) in [4.78, 5) is 25.0. The molecule has 6 heteroatoms. The van der Waals surface area contributed by atoms with Crippen LogP contribution in [-0.4, -0.2) is 55.7 Å². The molecule has 0 atom stereocenters. The van der Waals surface area contributed by atoms with Gasteiger partial charge in [-0.1, -0.05) is 6.92 Å². The van der Waals surface area contributed by atoms with Gasteiger partial charge in [0.05, 0.1) is 5.41 Å². The number of nitrogens with one attached hydrogen (secondary N) is 2. The fraction of sp³-hybridized carbons (Fsp3) is 0.857. The summed E-state index contributed by atoms with van der Waals surface area (Å²) in [7, 11) is 3.54. The highest BCUT2D eigenvalue weighted by Crippen LogP contribution is 2.38. The van der Waals surface area contributed by atoms with Crippen molar-refractivity contribution < 1.29 is 14.7 Å². The Bertz CT molecular complexity index is 339. The van der Waals surface area contributed by atoms with Crippen LogP contribution in [0.15, 0.2) is 0 Å². The number of nitrogens with zero attached hydrogens (tertiary/aromatic N) is 1. The van der Waals surface area contributed by atoms with Crippen molar-refractivity contribution in [1.82, 2.24) is 15.5 Å². The minimum absolute atomic E-state index is 0.209. The van der Waals surface area contributed by atoms with Crippen molar-refractivity contribution in [2.24, 2.45) is 11.3 Å². The molecule has 1 aliphatic carbocycles. The Hall–Kier alpha value is -1.30. The summed E-state index contributed by atoms with van der Waals surface area (Å²) in [5.41, 5.74) is -0.786. The second-order valence-electron chi connectivity index (χ2n) is 5.95. The average molecular weight is 285 g/mol. The van der Waals surface area contributed by atoms with Crippen molar-refractivity contribution in [1.29, 1.82) is 0 Å². The quantitative estimate of drug-likeness (QED) is 0.683.